The van der Waals surface area contributed by atoms with Crippen LogP contribution in [-0.4, -0.2) is 19.6 Å². The summed E-state index contributed by atoms with van der Waals surface area (Å²) in [6.45, 7) is 0.779. The van der Waals surface area contributed by atoms with Crippen molar-refractivity contribution in [2.24, 2.45) is 5.92 Å². The second-order valence-electron chi connectivity index (χ2n) is 5.22. The largest absolute Gasteiger partial charge is 0.497 e. The Kier molecular flexibility index (Phi) is 5.25. The van der Waals surface area contributed by atoms with Crippen molar-refractivity contribution in [3.05, 3.63) is 29.8 Å². The standard InChI is InChI=1S/C16H23NO2/c1-19-15-10-8-13(9-11-15)5-4-12-17-16(18)14-6-2-3-7-14/h8-11,14H,2-7,12H2,1H3,(H,17,18). The van der Waals surface area contributed by atoms with Crippen molar-refractivity contribution in [1.82, 2.24) is 5.32 Å². The molecule has 1 saturated carbocycles. The summed E-state index contributed by atoms with van der Waals surface area (Å²) in [6.07, 6.45) is 6.56. The number of carbonyl (C=O) groups excluding carboxylic acids is 1. The van der Waals surface area contributed by atoms with E-state index in [2.05, 4.69) is 17.4 Å². The van der Waals surface area contributed by atoms with E-state index in [9.17, 15) is 4.79 Å². The Morgan fingerprint density at radius 1 is 1.26 bits per heavy atom. The van der Waals surface area contributed by atoms with E-state index in [0.29, 0.717) is 0 Å². The highest BCUT2D eigenvalue weighted by atomic mass is 16.5. The van der Waals surface area contributed by atoms with Crippen LogP contribution < -0.4 is 10.1 Å². The maximum absolute atomic E-state index is 11.8. The number of ether oxygens (including phenoxy) is 1. The van der Waals surface area contributed by atoms with Gasteiger partial charge in [0.1, 0.15) is 5.75 Å². The first-order valence-electron chi connectivity index (χ1n) is 7.20. The van der Waals surface area contributed by atoms with Crippen molar-refractivity contribution >= 4 is 5.91 Å². The van der Waals surface area contributed by atoms with Gasteiger partial charge in [-0.15, -0.1) is 0 Å². The molecule has 2 rings (SSSR count). The van der Waals surface area contributed by atoms with Crippen molar-refractivity contribution in [2.45, 2.75) is 38.5 Å². The van der Waals surface area contributed by atoms with Crippen LogP contribution in [0, 0.1) is 5.92 Å². The third-order valence-corrected chi connectivity index (χ3v) is 3.83. The van der Waals surface area contributed by atoms with Crippen molar-refractivity contribution in [3.8, 4) is 5.75 Å². The number of methoxy groups -OCH3 is 1. The van der Waals surface area contributed by atoms with Crippen LogP contribution in [-0.2, 0) is 11.2 Å². The molecule has 0 aromatic heterocycles. The molecule has 0 radical (unpaired) electrons. The van der Waals surface area contributed by atoms with Gasteiger partial charge in [-0.1, -0.05) is 25.0 Å². The quantitative estimate of drug-likeness (QED) is 0.800. The van der Waals surface area contributed by atoms with E-state index in [1.165, 1.54) is 18.4 Å². The maximum atomic E-state index is 11.8. The van der Waals surface area contributed by atoms with E-state index in [4.69, 9.17) is 4.74 Å². The van der Waals surface area contributed by atoms with Crippen LogP contribution >= 0.6 is 0 Å². The molecule has 0 aliphatic heterocycles. The molecule has 0 spiro atoms. The lowest BCUT2D eigenvalue weighted by Crippen LogP contribution is -2.30. The minimum Gasteiger partial charge on any atom is -0.497 e. The van der Waals surface area contributed by atoms with E-state index in [-0.39, 0.29) is 11.8 Å². The average Bonchev–Trinajstić information content (AvgIpc) is 2.98. The van der Waals surface area contributed by atoms with E-state index >= 15 is 0 Å². The van der Waals surface area contributed by atoms with Gasteiger partial charge in [0.05, 0.1) is 7.11 Å². The van der Waals surface area contributed by atoms with E-state index in [1.807, 2.05) is 12.1 Å². The minimum atomic E-state index is 0.257. The van der Waals surface area contributed by atoms with E-state index < -0.39 is 0 Å². The van der Waals surface area contributed by atoms with Gasteiger partial charge >= 0.3 is 0 Å². The first-order chi connectivity index (χ1) is 9.29. The molecular weight excluding hydrogens is 238 g/mol. The fourth-order valence-electron chi connectivity index (χ4n) is 2.63. The van der Waals surface area contributed by atoms with Gasteiger partial charge in [-0.05, 0) is 43.4 Å². The van der Waals surface area contributed by atoms with Gasteiger partial charge < -0.3 is 10.1 Å². The molecule has 3 heteroatoms. The number of amides is 1. The zero-order valence-corrected chi connectivity index (χ0v) is 11.7. The van der Waals surface area contributed by atoms with Crippen LogP contribution in [0.2, 0.25) is 0 Å². The SMILES string of the molecule is COc1ccc(CCCNC(=O)C2CCCC2)cc1. The molecule has 1 fully saturated rings. The van der Waals surface area contributed by atoms with Crippen molar-refractivity contribution < 1.29 is 9.53 Å². The van der Waals surface area contributed by atoms with Crippen LogP contribution in [0.3, 0.4) is 0 Å². The predicted molar refractivity (Wildman–Crippen MR) is 76.3 cm³/mol. The number of hydrogen-bond donors (Lipinski definition) is 1. The normalized spacial score (nSPS) is 15.4. The average molecular weight is 261 g/mol. The number of benzene rings is 1. The van der Waals surface area contributed by atoms with Crippen LogP contribution in [0.25, 0.3) is 0 Å². The molecule has 1 aliphatic carbocycles. The molecule has 1 aromatic carbocycles. The first-order valence-corrected chi connectivity index (χ1v) is 7.20. The summed E-state index contributed by atoms with van der Waals surface area (Å²) in [7, 11) is 1.67. The Labute approximate surface area is 115 Å². The second-order valence-corrected chi connectivity index (χ2v) is 5.22. The lowest BCUT2D eigenvalue weighted by molar-refractivity contribution is -0.124. The van der Waals surface area contributed by atoms with Gasteiger partial charge in [0.15, 0.2) is 0 Å². The summed E-state index contributed by atoms with van der Waals surface area (Å²) in [6, 6.07) is 8.12. The van der Waals surface area contributed by atoms with E-state index in [0.717, 1.165) is 38.0 Å². The molecule has 1 aromatic rings. The molecular formula is C16H23NO2. The molecule has 0 unspecified atom stereocenters. The third kappa shape index (κ3) is 4.27. The van der Waals surface area contributed by atoms with Crippen molar-refractivity contribution in [1.29, 1.82) is 0 Å². The molecule has 3 nitrogen and oxygen atoms in total. The number of nitrogens with one attached hydrogen (secondary N) is 1. The first kappa shape index (κ1) is 13.9. The van der Waals surface area contributed by atoms with Crippen LogP contribution in [0.15, 0.2) is 24.3 Å². The zero-order chi connectivity index (χ0) is 13.5. The summed E-state index contributed by atoms with van der Waals surface area (Å²) in [5.74, 6) is 1.42. The molecule has 1 N–H and O–H groups in total. The predicted octanol–water partition coefficient (Wildman–Crippen LogP) is 2.93. The Morgan fingerprint density at radius 3 is 2.58 bits per heavy atom. The molecule has 0 saturated heterocycles. The fourth-order valence-corrected chi connectivity index (χ4v) is 2.63. The summed E-state index contributed by atoms with van der Waals surface area (Å²) >= 11 is 0. The minimum absolute atomic E-state index is 0.257. The summed E-state index contributed by atoms with van der Waals surface area (Å²) in [5, 5.41) is 3.05. The van der Waals surface area contributed by atoms with Crippen LogP contribution in [0.4, 0.5) is 0 Å². The molecule has 104 valence electrons. The van der Waals surface area contributed by atoms with Gasteiger partial charge in [-0.25, -0.2) is 0 Å². The van der Waals surface area contributed by atoms with Crippen LogP contribution in [0.1, 0.15) is 37.7 Å². The monoisotopic (exact) mass is 261 g/mol. The van der Waals surface area contributed by atoms with E-state index in [1.54, 1.807) is 7.11 Å². The molecule has 19 heavy (non-hydrogen) atoms. The Morgan fingerprint density at radius 2 is 1.95 bits per heavy atom. The summed E-state index contributed by atoms with van der Waals surface area (Å²) < 4.78 is 5.13. The number of aryl methyl sites for hydroxylation is 1. The van der Waals surface area contributed by atoms with Gasteiger partial charge in [0, 0.05) is 12.5 Å². The smallest absolute Gasteiger partial charge is 0.223 e. The highest BCUT2D eigenvalue weighted by Crippen LogP contribution is 2.24. The van der Waals surface area contributed by atoms with Gasteiger partial charge in [-0.3, -0.25) is 4.79 Å². The molecule has 0 atom stereocenters. The number of rotatable bonds is 6. The lowest BCUT2D eigenvalue weighted by atomic mass is 10.1. The lowest BCUT2D eigenvalue weighted by Gasteiger charge is -2.10. The zero-order valence-electron chi connectivity index (χ0n) is 11.7. The van der Waals surface area contributed by atoms with Crippen LogP contribution in [0.5, 0.6) is 5.75 Å². The summed E-state index contributed by atoms with van der Waals surface area (Å²) in [5.41, 5.74) is 1.29. The Hall–Kier alpha value is -1.51. The Balaban J connectivity index is 1.64. The topological polar surface area (TPSA) is 38.3 Å². The second kappa shape index (κ2) is 7.17. The third-order valence-electron chi connectivity index (χ3n) is 3.83. The maximum Gasteiger partial charge on any atom is 0.223 e. The van der Waals surface area contributed by atoms with Crippen molar-refractivity contribution in [2.75, 3.05) is 13.7 Å². The van der Waals surface area contributed by atoms with Gasteiger partial charge in [-0.2, -0.15) is 0 Å². The number of carbonyl (C=O) groups is 1. The van der Waals surface area contributed by atoms with Gasteiger partial charge in [0.2, 0.25) is 5.91 Å². The molecule has 0 bridgehead atoms. The number of hydrogen-bond acceptors (Lipinski definition) is 2. The van der Waals surface area contributed by atoms with Crippen molar-refractivity contribution in [3.63, 3.8) is 0 Å². The molecule has 0 heterocycles. The summed E-state index contributed by atoms with van der Waals surface area (Å²) in [4.78, 5) is 11.8. The highest BCUT2D eigenvalue weighted by molar-refractivity contribution is 5.78. The molecule has 1 amide bonds. The Bertz CT molecular complexity index is 394. The highest BCUT2D eigenvalue weighted by Gasteiger charge is 2.21. The van der Waals surface area contributed by atoms with Gasteiger partial charge in [0.25, 0.3) is 0 Å². The fraction of sp³-hybridized carbons (Fsp3) is 0.562. The molecule has 1 aliphatic rings.